The maximum atomic E-state index is 12.4. The van der Waals surface area contributed by atoms with Gasteiger partial charge < -0.3 is 5.32 Å². The van der Waals surface area contributed by atoms with E-state index in [0.717, 1.165) is 29.4 Å². The second-order valence-electron chi connectivity index (χ2n) is 7.99. The molecule has 31 heavy (non-hydrogen) atoms. The van der Waals surface area contributed by atoms with Gasteiger partial charge >= 0.3 is 0 Å². The van der Waals surface area contributed by atoms with Gasteiger partial charge in [0.2, 0.25) is 5.91 Å². The average Bonchev–Trinajstić information content (AvgIpc) is 3.48. The first-order valence-electron chi connectivity index (χ1n) is 10.7. The Morgan fingerprint density at radius 1 is 1.26 bits per heavy atom. The highest BCUT2D eigenvalue weighted by Crippen LogP contribution is 2.39. The molecule has 1 amide bonds. The largest absolute Gasteiger partial charge is 0.353 e. The van der Waals surface area contributed by atoms with Crippen LogP contribution in [0.15, 0.2) is 47.5 Å². The molecule has 0 unspecified atom stereocenters. The Morgan fingerprint density at radius 3 is 2.71 bits per heavy atom. The third-order valence-corrected chi connectivity index (χ3v) is 7.52. The lowest BCUT2D eigenvalue weighted by molar-refractivity contribution is -0.119. The molecule has 0 aliphatic heterocycles. The van der Waals surface area contributed by atoms with E-state index >= 15 is 0 Å². The van der Waals surface area contributed by atoms with Gasteiger partial charge in [0.05, 0.1) is 5.75 Å². The molecule has 2 heterocycles. The highest BCUT2D eigenvalue weighted by molar-refractivity contribution is 7.99. The number of aromatic nitrogens is 3. The van der Waals surface area contributed by atoms with Gasteiger partial charge in [0.1, 0.15) is 0 Å². The third kappa shape index (κ3) is 4.93. The van der Waals surface area contributed by atoms with Crippen LogP contribution in [0.3, 0.4) is 0 Å². The molecule has 0 saturated heterocycles. The zero-order valence-electron chi connectivity index (χ0n) is 18.1. The molecule has 1 aliphatic carbocycles. The van der Waals surface area contributed by atoms with Crippen molar-refractivity contribution in [1.82, 2.24) is 20.1 Å². The predicted octanol–water partition coefficient (Wildman–Crippen LogP) is 5.63. The molecule has 1 N–H and O–H groups in total. The molecule has 4 rings (SSSR count). The summed E-state index contributed by atoms with van der Waals surface area (Å²) in [6, 6.07) is 8.92. The van der Waals surface area contributed by atoms with Crippen LogP contribution >= 0.6 is 23.1 Å². The summed E-state index contributed by atoms with van der Waals surface area (Å²) in [5, 5.41) is 15.0. The van der Waals surface area contributed by atoms with Gasteiger partial charge in [-0.2, -0.15) is 0 Å². The maximum Gasteiger partial charge on any atom is 0.230 e. The lowest BCUT2D eigenvalue weighted by Gasteiger charge is -2.12. The number of hydrogen-bond acceptors (Lipinski definition) is 5. The first kappa shape index (κ1) is 21.8. The summed E-state index contributed by atoms with van der Waals surface area (Å²) in [6.45, 7) is 8.74. The molecule has 1 saturated carbocycles. The van der Waals surface area contributed by atoms with Crippen molar-refractivity contribution in [2.75, 3.05) is 5.75 Å². The van der Waals surface area contributed by atoms with Crippen molar-refractivity contribution in [3.63, 3.8) is 0 Å². The van der Waals surface area contributed by atoms with E-state index in [1.165, 1.54) is 46.2 Å². The SMILES string of the molecule is C=CCn1c(SCC(=O)NC2CCCC2)nnc1-c1csc(C)c1-c1ccc(C)cc1. The standard InChI is InChI=1S/C24H28N4OS2/c1-4-13-28-23(20-14-30-17(3)22(20)18-11-9-16(2)10-12-18)26-27-24(28)31-15-21(29)25-19-7-5-6-8-19/h4,9-12,14,19H,1,5-8,13,15H2,2-3H3,(H,25,29). The Kier molecular flexibility index (Phi) is 6.92. The molecule has 1 aromatic carbocycles. The van der Waals surface area contributed by atoms with Crippen LogP contribution in [0, 0.1) is 13.8 Å². The van der Waals surface area contributed by atoms with Crippen molar-refractivity contribution in [1.29, 1.82) is 0 Å². The van der Waals surface area contributed by atoms with E-state index in [9.17, 15) is 4.79 Å². The van der Waals surface area contributed by atoms with Crippen LogP contribution in [0.25, 0.3) is 22.5 Å². The topological polar surface area (TPSA) is 59.8 Å². The van der Waals surface area contributed by atoms with Crippen molar-refractivity contribution >= 4 is 29.0 Å². The molecule has 0 atom stereocenters. The first-order chi connectivity index (χ1) is 15.1. The number of carbonyl (C=O) groups excluding carboxylic acids is 1. The fourth-order valence-electron chi connectivity index (χ4n) is 4.06. The van der Waals surface area contributed by atoms with Gasteiger partial charge in [-0.25, -0.2) is 0 Å². The molecule has 3 aromatic rings. The monoisotopic (exact) mass is 452 g/mol. The summed E-state index contributed by atoms with van der Waals surface area (Å²) in [6.07, 6.45) is 6.44. The van der Waals surface area contributed by atoms with Crippen LogP contribution in [0.4, 0.5) is 0 Å². The molecule has 7 heteroatoms. The Labute approximate surface area is 192 Å². The molecule has 0 radical (unpaired) electrons. The number of hydrogen-bond donors (Lipinski definition) is 1. The molecule has 162 valence electrons. The summed E-state index contributed by atoms with van der Waals surface area (Å²) in [5.74, 6) is 1.23. The molecule has 2 aromatic heterocycles. The summed E-state index contributed by atoms with van der Waals surface area (Å²) in [4.78, 5) is 13.6. The van der Waals surface area contributed by atoms with Gasteiger partial charge in [-0.05, 0) is 32.3 Å². The van der Waals surface area contributed by atoms with Crippen molar-refractivity contribution in [3.05, 3.63) is 52.7 Å². The Morgan fingerprint density at radius 2 is 2.00 bits per heavy atom. The number of aryl methyl sites for hydroxylation is 2. The second kappa shape index (κ2) is 9.83. The summed E-state index contributed by atoms with van der Waals surface area (Å²) < 4.78 is 2.06. The summed E-state index contributed by atoms with van der Waals surface area (Å²) in [7, 11) is 0. The van der Waals surface area contributed by atoms with E-state index in [1.54, 1.807) is 11.3 Å². The second-order valence-corrected chi connectivity index (χ2v) is 10.0. The van der Waals surface area contributed by atoms with E-state index in [2.05, 4.69) is 70.2 Å². The van der Waals surface area contributed by atoms with E-state index in [1.807, 2.05) is 6.08 Å². The van der Waals surface area contributed by atoms with E-state index in [0.29, 0.717) is 18.3 Å². The number of allylic oxidation sites excluding steroid dienone is 1. The predicted molar refractivity (Wildman–Crippen MR) is 130 cm³/mol. The zero-order valence-corrected chi connectivity index (χ0v) is 19.7. The molecule has 1 aliphatic rings. The quantitative estimate of drug-likeness (QED) is 0.356. The highest BCUT2D eigenvalue weighted by Gasteiger charge is 2.22. The smallest absolute Gasteiger partial charge is 0.230 e. The van der Waals surface area contributed by atoms with Crippen molar-refractivity contribution in [3.8, 4) is 22.5 Å². The van der Waals surface area contributed by atoms with E-state index in [-0.39, 0.29) is 5.91 Å². The Balaban J connectivity index is 1.58. The number of amides is 1. The van der Waals surface area contributed by atoms with Crippen LogP contribution in [0.1, 0.15) is 36.1 Å². The lowest BCUT2D eigenvalue weighted by Crippen LogP contribution is -2.33. The van der Waals surface area contributed by atoms with Gasteiger partial charge in [0.15, 0.2) is 11.0 Å². The van der Waals surface area contributed by atoms with E-state index in [4.69, 9.17) is 0 Å². The fraction of sp³-hybridized carbons (Fsp3) is 0.375. The zero-order chi connectivity index (χ0) is 21.8. The van der Waals surface area contributed by atoms with Crippen molar-refractivity contribution in [2.45, 2.75) is 57.3 Å². The van der Waals surface area contributed by atoms with Gasteiger partial charge in [-0.15, -0.1) is 28.1 Å². The Bertz CT molecular complexity index is 1060. The summed E-state index contributed by atoms with van der Waals surface area (Å²) >= 11 is 3.16. The van der Waals surface area contributed by atoms with Crippen LogP contribution in [0.2, 0.25) is 0 Å². The molecule has 5 nitrogen and oxygen atoms in total. The number of carbonyl (C=O) groups is 1. The number of thioether (sulfide) groups is 1. The lowest BCUT2D eigenvalue weighted by atomic mass is 10.0. The van der Waals surface area contributed by atoms with Gasteiger partial charge in [-0.1, -0.05) is 60.5 Å². The normalized spacial score (nSPS) is 14.1. The molecule has 0 bridgehead atoms. The van der Waals surface area contributed by atoms with Crippen molar-refractivity contribution < 1.29 is 4.79 Å². The fourth-order valence-corrected chi connectivity index (χ4v) is 5.68. The van der Waals surface area contributed by atoms with Crippen molar-refractivity contribution in [2.24, 2.45) is 0 Å². The van der Waals surface area contributed by atoms with E-state index < -0.39 is 0 Å². The maximum absolute atomic E-state index is 12.4. The van der Waals surface area contributed by atoms with Gasteiger partial charge in [0, 0.05) is 34.0 Å². The van der Waals surface area contributed by atoms with Crippen LogP contribution < -0.4 is 5.32 Å². The molecule has 0 spiro atoms. The summed E-state index contributed by atoms with van der Waals surface area (Å²) in [5.41, 5.74) is 4.68. The number of thiophene rings is 1. The Hall–Kier alpha value is -2.38. The minimum atomic E-state index is 0.0679. The molecular formula is C24H28N4OS2. The number of rotatable bonds is 8. The minimum Gasteiger partial charge on any atom is -0.353 e. The number of benzene rings is 1. The first-order valence-corrected chi connectivity index (χ1v) is 12.5. The highest BCUT2D eigenvalue weighted by atomic mass is 32.2. The van der Waals surface area contributed by atoms with Gasteiger partial charge in [0.25, 0.3) is 0 Å². The number of nitrogens with one attached hydrogen (secondary N) is 1. The van der Waals surface area contributed by atoms with Crippen LogP contribution in [-0.4, -0.2) is 32.5 Å². The average molecular weight is 453 g/mol. The number of nitrogens with zero attached hydrogens (tertiary/aromatic N) is 3. The molecular weight excluding hydrogens is 424 g/mol. The third-order valence-electron chi connectivity index (χ3n) is 5.64. The van der Waals surface area contributed by atoms with Crippen LogP contribution in [-0.2, 0) is 11.3 Å². The van der Waals surface area contributed by atoms with Gasteiger partial charge in [-0.3, -0.25) is 9.36 Å². The molecule has 1 fully saturated rings. The minimum absolute atomic E-state index is 0.0679. The van der Waals surface area contributed by atoms with Crippen LogP contribution in [0.5, 0.6) is 0 Å².